The zero-order chi connectivity index (χ0) is 14.4. The minimum absolute atomic E-state index is 0.353. The second-order valence-electron chi connectivity index (χ2n) is 4.37. The van der Waals surface area contributed by atoms with Gasteiger partial charge in [-0.3, -0.25) is 0 Å². The predicted molar refractivity (Wildman–Crippen MR) is 81.5 cm³/mol. The maximum absolute atomic E-state index is 10.7. The van der Waals surface area contributed by atoms with E-state index in [1.807, 2.05) is 42.5 Å². The number of aldehydes is 1. The van der Waals surface area contributed by atoms with Gasteiger partial charge in [-0.15, -0.1) is 0 Å². The fourth-order valence-corrected chi connectivity index (χ4v) is 2.13. The number of hydrogen-bond acceptors (Lipinski definition) is 3. The molecule has 2 rings (SSSR count). The minimum atomic E-state index is 0.353. The lowest BCUT2D eigenvalue weighted by molar-refractivity contribution is -0.107. The quantitative estimate of drug-likeness (QED) is 0.824. The van der Waals surface area contributed by atoms with Crippen LogP contribution in [0.15, 0.2) is 42.5 Å². The SMILES string of the molecule is COc1ccc(CNc2ccc(Cl)cc2CC=O)cc1. The van der Waals surface area contributed by atoms with E-state index in [4.69, 9.17) is 16.3 Å². The fraction of sp³-hybridized carbons (Fsp3) is 0.188. The third kappa shape index (κ3) is 3.75. The number of halogens is 1. The third-order valence-electron chi connectivity index (χ3n) is 3.01. The summed E-state index contributed by atoms with van der Waals surface area (Å²) in [6.07, 6.45) is 1.23. The molecule has 0 saturated carbocycles. The Hall–Kier alpha value is -2.00. The number of hydrogen-bond donors (Lipinski definition) is 1. The lowest BCUT2D eigenvalue weighted by Crippen LogP contribution is -2.03. The molecule has 2 aromatic carbocycles. The smallest absolute Gasteiger partial charge is 0.124 e. The van der Waals surface area contributed by atoms with Gasteiger partial charge in [0, 0.05) is 23.7 Å². The molecule has 20 heavy (non-hydrogen) atoms. The van der Waals surface area contributed by atoms with Gasteiger partial charge >= 0.3 is 0 Å². The zero-order valence-electron chi connectivity index (χ0n) is 11.2. The Labute approximate surface area is 123 Å². The molecule has 4 heteroatoms. The predicted octanol–water partition coefficient (Wildman–Crippen LogP) is 3.70. The van der Waals surface area contributed by atoms with Gasteiger partial charge in [0.2, 0.25) is 0 Å². The number of methoxy groups -OCH3 is 1. The minimum Gasteiger partial charge on any atom is -0.497 e. The summed E-state index contributed by atoms with van der Waals surface area (Å²) in [6, 6.07) is 13.4. The lowest BCUT2D eigenvalue weighted by Gasteiger charge is -2.11. The van der Waals surface area contributed by atoms with Gasteiger partial charge in [-0.05, 0) is 41.5 Å². The van der Waals surface area contributed by atoms with E-state index in [1.165, 1.54) is 0 Å². The van der Waals surface area contributed by atoms with Crippen LogP contribution in [0.5, 0.6) is 5.75 Å². The van der Waals surface area contributed by atoms with Crippen molar-refractivity contribution in [3.05, 3.63) is 58.6 Å². The number of carbonyl (C=O) groups is 1. The first-order chi connectivity index (χ1) is 9.72. The number of rotatable bonds is 6. The molecule has 0 spiro atoms. The van der Waals surface area contributed by atoms with Crippen LogP contribution >= 0.6 is 11.6 Å². The summed E-state index contributed by atoms with van der Waals surface area (Å²) in [5, 5.41) is 3.96. The van der Waals surface area contributed by atoms with Crippen LogP contribution in [0.2, 0.25) is 5.02 Å². The van der Waals surface area contributed by atoms with Gasteiger partial charge in [0.1, 0.15) is 12.0 Å². The van der Waals surface area contributed by atoms with Crippen LogP contribution < -0.4 is 10.1 Å². The van der Waals surface area contributed by atoms with Crippen LogP contribution in [0.4, 0.5) is 5.69 Å². The molecule has 3 nitrogen and oxygen atoms in total. The first kappa shape index (κ1) is 14.4. The zero-order valence-corrected chi connectivity index (χ0v) is 12.0. The molecule has 0 aliphatic rings. The lowest BCUT2D eigenvalue weighted by atomic mass is 10.1. The number of benzene rings is 2. The molecule has 0 saturated heterocycles. The molecule has 0 aromatic heterocycles. The largest absolute Gasteiger partial charge is 0.497 e. The van der Waals surface area contributed by atoms with Crippen molar-refractivity contribution in [3.63, 3.8) is 0 Å². The van der Waals surface area contributed by atoms with Crippen molar-refractivity contribution >= 4 is 23.6 Å². The molecule has 0 aliphatic heterocycles. The maximum atomic E-state index is 10.7. The molecule has 2 aromatic rings. The molecule has 0 amide bonds. The molecule has 0 fully saturated rings. The van der Waals surface area contributed by atoms with E-state index in [1.54, 1.807) is 7.11 Å². The first-order valence-electron chi connectivity index (χ1n) is 6.32. The summed E-state index contributed by atoms with van der Waals surface area (Å²) in [7, 11) is 1.65. The van der Waals surface area contributed by atoms with Crippen LogP contribution in [-0.2, 0) is 17.8 Å². The van der Waals surface area contributed by atoms with Crippen molar-refractivity contribution < 1.29 is 9.53 Å². The summed E-state index contributed by atoms with van der Waals surface area (Å²) in [5.41, 5.74) is 2.97. The van der Waals surface area contributed by atoms with Crippen LogP contribution in [0.25, 0.3) is 0 Å². The van der Waals surface area contributed by atoms with E-state index in [0.717, 1.165) is 28.8 Å². The molecule has 0 unspecified atom stereocenters. The Bertz CT molecular complexity index is 582. The third-order valence-corrected chi connectivity index (χ3v) is 3.25. The molecular weight excluding hydrogens is 274 g/mol. The molecule has 0 heterocycles. The van der Waals surface area contributed by atoms with Crippen molar-refractivity contribution in [1.82, 2.24) is 0 Å². The standard InChI is InChI=1S/C16H16ClNO2/c1-20-15-5-2-12(3-6-15)11-18-16-7-4-14(17)10-13(16)8-9-19/h2-7,9-10,18H,8,11H2,1H3. The van der Waals surface area contributed by atoms with Gasteiger partial charge < -0.3 is 14.8 Å². The van der Waals surface area contributed by atoms with Crippen molar-refractivity contribution in [2.24, 2.45) is 0 Å². The molecule has 104 valence electrons. The fourth-order valence-electron chi connectivity index (χ4n) is 1.93. The number of ether oxygens (including phenoxy) is 1. The number of nitrogens with one attached hydrogen (secondary N) is 1. The molecule has 1 N–H and O–H groups in total. The Morgan fingerprint density at radius 3 is 2.60 bits per heavy atom. The Balaban J connectivity index is 2.07. The van der Waals surface area contributed by atoms with Crippen LogP contribution in [-0.4, -0.2) is 13.4 Å². The Morgan fingerprint density at radius 2 is 1.95 bits per heavy atom. The van der Waals surface area contributed by atoms with Gasteiger partial charge in [0.15, 0.2) is 0 Å². The highest BCUT2D eigenvalue weighted by Gasteiger charge is 2.03. The highest BCUT2D eigenvalue weighted by molar-refractivity contribution is 6.30. The molecule has 0 radical (unpaired) electrons. The van der Waals surface area contributed by atoms with E-state index in [-0.39, 0.29) is 0 Å². The average molecular weight is 290 g/mol. The van der Waals surface area contributed by atoms with E-state index < -0.39 is 0 Å². The Kier molecular flexibility index (Phi) is 5.02. The summed E-state index contributed by atoms with van der Waals surface area (Å²) < 4.78 is 5.12. The topological polar surface area (TPSA) is 38.3 Å². The van der Waals surface area contributed by atoms with Crippen molar-refractivity contribution in [3.8, 4) is 5.75 Å². The normalized spacial score (nSPS) is 10.1. The highest BCUT2D eigenvalue weighted by atomic mass is 35.5. The summed E-state index contributed by atoms with van der Waals surface area (Å²) in [5.74, 6) is 0.835. The van der Waals surface area contributed by atoms with E-state index >= 15 is 0 Å². The first-order valence-corrected chi connectivity index (χ1v) is 6.69. The van der Waals surface area contributed by atoms with Crippen molar-refractivity contribution in [2.75, 3.05) is 12.4 Å². The monoisotopic (exact) mass is 289 g/mol. The average Bonchev–Trinajstić information content (AvgIpc) is 2.47. The number of anilines is 1. The van der Waals surface area contributed by atoms with Gasteiger partial charge in [-0.25, -0.2) is 0 Å². The van der Waals surface area contributed by atoms with Crippen molar-refractivity contribution in [1.29, 1.82) is 0 Å². The highest BCUT2D eigenvalue weighted by Crippen LogP contribution is 2.22. The van der Waals surface area contributed by atoms with E-state index in [2.05, 4.69) is 5.32 Å². The molecule has 0 atom stereocenters. The van der Waals surface area contributed by atoms with Crippen molar-refractivity contribution in [2.45, 2.75) is 13.0 Å². The van der Waals surface area contributed by atoms with E-state index in [9.17, 15) is 4.79 Å². The van der Waals surface area contributed by atoms with Gasteiger partial charge in [0.05, 0.1) is 7.11 Å². The maximum Gasteiger partial charge on any atom is 0.124 e. The van der Waals surface area contributed by atoms with E-state index in [0.29, 0.717) is 18.0 Å². The van der Waals surface area contributed by atoms with Gasteiger partial charge in [-0.1, -0.05) is 23.7 Å². The Morgan fingerprint density at radius 1 is 1.20 bits per heavy atom. The number of carbonyl (C=O) groups excluding carboxylic acids is 1. The second kappa shape index (κ2) is 6.96. The van der Waals surface area contributed by atoms with Crippen LogP contribution in [0, 0.1) is 0 Å². The van der Waals surface area contributed by atoms with Gasteiger partial charge in [-0.2, -0.15) is 0 Å². The second-order valence-corrected chi connectivity index (χ2v) is 4.81. The summed E-state index contributed by atoms with van der Waals surface area (Å²) in [4.78, 5) is 10.7. The molecular formula is C16H16ClNO2. The molecule has 0 aliphatic carbocycles. The molecule has 0 bridgehead atoms. The summed E-state index contributed by atoms with van der Waals surface area (Å²) >= 11 is 5.95. The van der Waals surface area contributed by atoms with Crippen LogP contribution in [0.1, 0.15) is 11.1 Å². The van der Waals surface area contributed by atoms with Crippen LogP contribution in [0.3, 0.4) is 0 Å². The van der Waals surface area contributed by atoms with Gasteiger partial charge in [0.25, 0.3) is 0 Å². The summed E-state index contributed by atoms with van der Waals surface area (Å²) in [6.45, 7) is 0.678.